The predicted octanol–water partition coefficient (Wildman–Crippen LogP) is 3.19. The quantitative estimate of drug-likeness (QED) is 0.701. The first-order valence-corrected chi connectivity index (χ1v) is 5.86. The van der Waals surface area contributed by atoms with Gasteiger partial charge in [0.2, 0.25) is 0 Å². The van der Waals surface area contributed by atoms with Crippen molar-refractivity contribution in [2.45, 2.75) is 31.6 Å². The number of esters is 1. The summed E-state index contributed by atoms with van der Waals surface area (Å²) in [5, 5.41) is 2.10. The summed E-state index contributed by atoms with van der Waals surface area (Å²) in [5.41, 5.74) is 1.33. The fraction of sp³-hybridized carbons (Fsp3) is 0.545. The van der Waals surface area contributed by atoms with E-state index in [1.165, 1.54) is 49.7 Å². The number of rotatable bonds is 2. The maximum atomic E-state index is 11.2. The minimum absolute atomic E-state index is 0.209. The molecule has 1 fully saturated rings. The zero-order valence-corrected chi connectivity index (χ0v) is 9.10. The summed E-state index contributed by atoms with van der Waals surface area (Å²) in [4.78, 5) is 12.0. The van der Waals surface area contributed by atoms with Crippen LogP contribution < -0.4 is 0 Å². The summed E-state index contributed by atoms with van der Waals surface area (Å²) >= 11 is 1.49. The first-order valence-electron chi connectivity index (χ1n) is 4.98. The lowest BCUT2D eigenvalue weighted by Crippen LogP contribution is -1.97. The topological polar surface area (TPSA) is 26.3 Å². The first-order chi connectivity index (χ1) is 6.81. The van der Waals surface area contributed by atoms with Gasteiger partial charge in [0.1, 0.15) is 4.88 Å². The van der Waals surface area contributed by atoms with Crippen molar-refractivity contribution in [1.82, 2.24) is 0 Å². The molecule has 1 aromatic heterocycles. The molecule has 76 valence electrons. The molecule has 0 unspecified atom stereocenters. The first kappa shape index (κ1) is 9.71. The molecule has 0 atom stereocenters. The number of ether oxygens (including phenoxy) is 1. The Hall–Kier alpha value is -0.830. The number of methoxy groups -OCH3 is 1. The van der Waals surface area contributed by atoms with Crippen LogP contribution in [0.3, 0.4) is 0 Å². The maximum Gasteiger partial charge on any atom is 0.348 e. The van der Waals surface area contributed by atoms with Crippen LogP contribution in [-0.2, 0) is 4.74 Å². The molecule has 0 aromatic carbocycles. The molecular formula is C11H14O2S. The smallest absolute Gasteiger partial charge is 0.348 e. The molecule has 0 spiro atoms. The van der Waals surface area contributed by atoms with E-state index in [1.807, 2.05) is 6.07 Å². The highest BCUT2D eigenvalue weighted by Crippen LogP contribution is 2.36. The molecule has 1 aliphatic rings. The average molecular weight is 210 g/mol. The van der Waals surface area contributed by atoms with Crippen molar-refractivity contribution >= 4 is 17.3 Å². The van der Waals surface area contributed by atoms with E-state index in [2.05, 4.69) is 10.1 Å². The molecule has 0 aliphatic heterocycles. The third-order valence-corrected chi connectivity index (χ3v) is 3.76. The van der Waals surface area contributed by atoms with Gasteiger partial charge in [0.05, 0.1) is 7.11 Å². The second kappa shape index (κ2) is 4.13. The molecule has 2 rings (SSSR count). The maximum absolute atomic E-state index is 11.2. The average Bonchev–Trinajstić information content (AvgIpc) is 2.86. The molecule has 0 radical (unpaired) electrons. The van der Waals surface area contributed by atoms with Crippen molar-refractivity contribution in [2.75, 3.05) is 7.11 Å². The van der Waals surface area contributed by atoms with Crippen molar-refractivity contribution in [1.29, 1.82) is 0 Å². The van der Waals surface area contributed by atoms with Crippen LogP contribution in [0.4, 0.5) is 0 Å². The Kier molecular flexibility index (Phi) is 2.87. The van der Waals surface area contributed by atoms with Crippen molar-refractivity contribution < 1.29 is 9.53 Å². The number of thiophene rings is 1. The van der Waals surface area contributed by atoms with Gasteiger partial charge in [0.25, 0.3) is 0 Å². The third-order valence-electron chi connectivity index (χ3n) is 2.83. The highest BCUT2D eigenvalue weighted by atomic mass is 32.1. The van der Waals surface area contributed by atoms with Gasteiger partial charge in [-0.1, -0.05) is 12.8 Å². The van der Waals surface area contributed by atoms with Crippen LogP contribution in [0.2, 0.25) is 0 Å². The SMILES string of the molecule is COC(=O)c1cc(C2CCCC2)cs1. The molecule has 0 amide bonds. The Morgan fingerprint density at radius 3 is 2.86 bits per heavy atom. The van der Waals surface area contributed by atoms with Crippen molar-refractivity contribution in [3.8, 4) is 0 Å². The second-order valence-electron chi connectivity index (χ2n) is 3.72. The van der Waals surface area contributed by atoms with Gasteiger partial charge in [-0.15, -0.1) is 11.3 Å². The zero-order chi connectivity index (χ0) is 9.97. The van der Waals surface area contributed by atoms with E-state index in [0.717, 1.165) is 4.88 Å². The standard InChI is InChI=1S/C11H14O2S/c1-13-11(12)10-6-9(7-14-10)8-4-2-3-5-8/h6-8H,2-5H2,1H3. The van der Waals surface area contributed by atoms with Crippen LogP contribution >= 0.6 is 11.3 Å². The normalized spacial score (nSPS) is 17.2. The zero-order valence-electron chi connectivity index (χ0n) is 8.29. The summed E-state index contributed by atoms with van der Waals surface area (Å²) in [5.74, 6) is 0.476. The van der Waals surface area contributed by atoms with E-state index in [4.69, 9.17) is 0 Å². The van der Waals surface area contributed by atoms with E-state index in [9.17, 15) is 4.79 Å². The molecule has 1 aromatic rings. The van der Waals surface area contributed by atoms with Gasteiger partial charge in [-0.05, 0) is 35.8 Å². The van der Waals surface area contributed by atoms with Gasteiger partial charge in [-0.25, -0.2) is 4.79 Å². The van der Waals surface area contributed by atoms with Crippen LogP contribution in [0.5, 0.6) is 0 Å². The Bertz CT molecular complexity index is 324. The van der Waals surface area contributed by atoms with Gasteiger partial charge >= 0.3 is 5.97 Å². The summed E-state index contributed by atoms with van der Waals surface area (Å²) in [6, 6.07) is 1.99. The second-order valence-corrected chi connectivity index (χ2v) is 4.63. The van der Waals surface area contributed by atoms with Gasteiger partial charge < -0.3 is 4.74 Å². The summed E-state index contributed by atoms with van der Waals surface area (Å²) < 4.78 is 4.68. The monoisotopic (exact) mass is 210 g/mol. The van der Waals surface area contributed by atoms with Gasteiger partial charge in [0.15, 0.2) is 0 Å². The molecule has 1 heterocycles. The highest BCUT2D eigenvalue weighted by molar-refractivity contribution is 7.12. The summed E-state index contributed by atoms with van der Waals surface area (Å²) in [6.07, 6.45) is 5.21. The largest absolute Gasteiger partial charge is 0.465 e. The van der Waals surface area contributed by atoms with E-state index in [1.54, 1.807) is 0 Å². The number of carbonyl (C=O) groups is 1. The lowest BCUT2D eigenvalue weighted by atomic mass is 10.0. The Labute approximate surface area is 87.9 Å². The lowest BCUT2D eigenvalue weighted by molar-refractivity contribution is 0.0606. The molecule has 14 heavy (non-hydrogen) atoms. The van der Waals surface area contributed by atoms with E-state index in [0.29, 0.717) is 5.92 Å². The van der Waals surface area contributed by atoms with E-state index >= 15 is 0 Å². The van der Waals surface area contributed by atoms with Crippen LogP contribution in [0, 0.1) is 0 Å². The fourth-order valence-corrected chi connectivity index (χ4v) is 2.94. The Morgan fingerprint density at radius 2 is 2.21 bits per heavy atom. The molecule has 0 N–H and O–H groups in total. The third kappa shape index (κ3) is 1.82. The highest BCUT2D eigenvalue weighted by Gasteiger charge is 2.19. The predicted molar refractivity (Wildman–Crippen MR) is 56.9 cm³/mol. The number of carbonyl (C=O) groups excluding carboxylic acids is 1. The Balaban J connectivity index is 2.12. The fourth-order valence-electron chi connectivity index (χ4n) is 2.03. The molecule has 3 heteroatoms. The minimum Gasteiger partial charge on any atom is -0.465 e. The van der Waals surface area contributed by atoms with Crippen molar-refractivity contribution in [2.24, 2.45) is 0 Å². The number of hydrogen-bond donors (Lipinski definition) is 0. The number of hydrogen-bond acceptors (Lipinski definition) is 3. The van der Waals surface area contributed by atoms with Crippen LogP contribution in [0.15, 0.2) is 11.4 Å². The van der Waals surface area contributed by atoms with E-state index in [-0.39, 0.29) is 5.97 Å². The summed E-state index contributed by atoms with van der Waals surface area (Å²) in [6.45, 7) is 0. The minimum atomic E-state index is -0.209. The molecule has 0 bridgehead atoms. The summed E-state index contributed by atoms with van der Waals surface area (Å²) in [7, 11) is 1.43. The van der Waals surface area contributed by atoms with Gasteiger partial charge in [0, 0.05) is 0 Å². The Morgan fingerprint density at radius 1 is 1.50 bits per heavy atom. The molecular weight excluding hydrogens is 196 g/mol. The van der Waals surface area contributed by atoms with Crippen molar-refractivity contribution in [3.63, 3.8) is 0 Å². The van der Waals surface area contributed by atoms with Crippen LogP contribution in [0.1, 0.15) is 46.8 Å². The van der Waals surface area contributed by atoms with E-state index < -0.39 is 0 Å². The molecule has 1 aliphatic carbocycles. The van der Waals surface area contributed by atoms with Crippen LogP contribution in [0.25, 0.3) is 0 Å². The van der Waals surface area contributed by atoms with Crippen molar-refractivity contribution in [3.05, 3.63) is 21.9 Å². The van der Waals surface area contributed by atoms with Crippen LogP contribution in [-0.4, -0.2) is 13.1 Å². The molecule has 0 saturated heterocycles. The van der Waals surface area contributed by atoms with Gasteiger partial charge in [-0.3, -0.25) is 0 Å². The molecule has 1 saturated carbocycles. The lowest BCUT2D eigenvalue weighted by Gasteiger charge is -2.04. The molecule has 2 nitrogen and oxygen atoms in total. The van der Waals surface area contributed by atoms with Gasteiger partial charge in [-0.2, -0.15) is 0 Å².